The zero-order valence-electron chi connectivity index (χ0n) is 15.7. The van der Waals surface area contributed by atoms with Gasteiger partial charge in [0.15, 0.2) is 0 Å². The Balaban J connectivity index is 1.69. The van der Waals surface area contributed by atoms with E-state index in [2.05, 4.69) is 24.3 Å². The van der Waals surface area contributed by atoms with E-state index >= 15 is 0 Å². The van der Waals surface area contributed by atoms with Crippen molar-refractivity contribution in [1.29, 1.82) is 0 Å². The Kier molecular flexibility index (Phi) is 5.66. The first-order valence-electron chi connectivity index (χ1n) is 9.67. The number of carboxylic acid groups (broad SMARTS) is 1. The lowest BCUT2D eigenvalue weighted by Gasteiger charge is -2.26. The molecule has 0 aromatic heterocycles. The van der Waals surface area contributed by atoms with Gasteiger partial charge < -0.3 is 14.7 Å². The summed E-state index contributed by atoms with van der Waals surface area (Å²) in [5, 5.41) is 9.25. The number of nitrogens with zero attached hydrogens (tertiary/aromatic N) is 1. The smallest absolute Gasteiger partial charge is 0.308 e. The van der Waals surface area contributed by atoms with Crippen LogP contribution >= 0.6 is 0 Å². The molecule has 2 aliphatic carbocycles. The molecule has 1 saturated carbocycles. The third-order valence-corrected chi connectivity index (χ3v) is 5.92. The van der Waals surface area contributed by atoms with Gasteiger partial charge in [0.1, 0.15) is 0 Å². The predicted molar refractivity (Wildman–Crippen MR) is 99.0 cm³/mol. The highest BCUT2D eigenvalue weighted by Gasteiger charge is 2.62. The Morgan fingerprint density at radius 1 is 1.38 bits per heavy atom. The van der Waals surface area contributed by atoms with Crippen LogP contribution in [0, 0.1) is 11.8 Å². The first-order chi connectivity index (χ1) is 12.5. The minimum atomic E-state index is -0.857. The van der Waals surface area contributed by atoms with E-state index in [1.807, 2.05) is 6.92 Å². The molecule has 3 unspecified atom stereocenters. The number of rotatable bonds is 9. The number of fused-ring (bicyclic) bond motifs is 2. The van der Waals surface area contributed by atoms with Crippen LogP contribution < -0.4 is 0 Å². The van der Waals surface area contributed by atoms with Crippen molar-refractivity contribution < 1.29 is 19.4 Å². The van der Waals surface area contributed by atoms with Crippen molar-refractivity contribution >= 4 is 11.9 Å². The largest absolute Gasteiger partial charge is 0.481 e. The molecule has 3 rings (SSSR count). The molecule has 1 fully saturated rings. The number of carbonyl (C=O) groups is 2. The number of hydrogen-bond acceptors (Lipinski definition) is 3. The number of benzene rings is 1. The zero-order valence-corrected chi connectivity index (χ0v) is 15.7. The Hall–Kier alpha value is -1.88. The van der Waals surface area contributed by atoms with Crippen LogP contribution in [-0.4, -0.2) is 48.2 Å². The molecule has 0 radical (unpaired) electrons. The van der Waals surface area contributed by atoms with Crippen LogP contribution in [0.15, 0.2) is 24.3 Å². The van der Waals surface area contributed by atoms with Crippen LogP contribution in [0.5, 0.6) is 0 Å². The fourth-order valence-electron chi connectivity index (χ4n) is 4.34. The molecular formula is C21H29NO4. The number of carboxylic acids is 1. The molecule has 0 aliphatic heterocycles. The summed E-state index contributed by atoms with van der Waals surface area (Å²) < 4.78 is 5.38. The Labute approximate surface area is 155 Å². The molecule has 2 aliphatic rings. The number of ether oxygens (including phenoxy) is 1. The van der Waals surface area contributed by atoms with Gasteiger partial charge in [-0.1, -0.05) is 31.2 Å². The maximum atomic E-state index is 13.2. The predicted octanol–water partition coefficient (Wildman–Crippen LogP) is 2.87. The van der Waals surface area contributed by atoms with Crippen LogP contribution in [0.3, 0.4) is 0 Å². The van der Waals surface area contributed by atoms with Gasteiger partial charge >= 0.3 is 5.97 Å². The van der Waals surface area contributed by atoms with Crippen molar-refractivity contribution in [1.82, 2.24) is 4.90 Å². The molecule has 1 aromatic rings. The first kappa shape index (κ1) is 18.9. The van der Waals surface area contributed by atoms with E-state index in [-0.39, 0.29) is 23.8 Å². The summed E-state index contributed by atoms with van der Waals surface area (Å²) in [5.41, 5.74) is 2.70. The molecule has 5 heteroatoms. The van der Waals surface area contributed by atoms with Crippen molar-refractivity contribution in [2.75, 3.05) is 26.3 Å². The van der Waals surface area contributed by atoms with E-state index < -0.39 is 11.9 Å². The van der Waals surface area contributed by atoms with Crippen molar-refractivity contribution in [2.24, 2.45) is 11.8 Å². The van der Waals surface area contributed by atoms with Gasteiger partial charge in [0, 0.05) is 37.6 Å². The van der Waals surface area contributed by atoms with E-state index in [0.29, 0.717) is 19.8 Å². The molecule has 1 aromatic carbocycles. The second-order valence-electron chi connectivity index (χ2n) is 7.64. The maximum Gasteiger partial charge on any atom is 0.308 e. The number of carbonyl (C=O) groups excluding carboxylic acids is 1. The molecule has 1 spiro atoms. The quantitative estimate of drug-likeness (QED) is 0.689. The third kappa shape index (κ3) is 3.63. The highest BCUT2D eigenvalue weighted by atomic mass is 16.5. The third-order valence-electron chi connectivity index (χ3n) is 5.92. The number of aliphatic carboxylic acids is 1. The molecule has 0 heterocycles. The number of aryl methyl sites for hydroxylation is 1. The van der Waals surface area contributed by atoms with Crippen LogP contribution in [0.1, 0.15) is 44.2 Å². The van der Waals surface area contributed by atoms with Crippen molar-refractivity contribution in [3.63, 3.8) is 0 Å². The summed E-state index contributed by atoms with van der Waals surface area (Å²) in [7, 11) is 0. The summed E-state index contributed by atoms with van der Waals surface area (Å²) in [4.78, 5) is 26.2. The van der Waals surface area contributed by atoms with Gasteiger partial charge in [-0.2, -0.15) is 0 Å². The molecular weight excluding hydrogens is 330 g/mol. The van der Waals surface area contributed by atoms with Gasteiger partial charge in [0.2, 0.25) is 5.91 Å². The van der Waals surface area contributed by atoms with Crippen molar-refractivity contribution in [2.45, 2.75) is 44.9 Å². The van der Waals surface area contributed by atoms with E-state index in [1.54, 1.807) is 11.8 Å². The van der Waals surface area contributed by atoms with E-state index in [9.17, 15) is 14.7 Å². The first-order valence-corrected chi connectivity index (χ1v) is 9.67. The molecule has 3 atom stereocenters. The standard InChI is InChI=1S/C21H29NO4/c1-3-26-12-6-11-22(14-15(2)20(24)25)19(23)18-13-21(18)10-9-16-7-4-5-8-17(16)21/h4-5,7-8,15,18H,3,6,9-14H2,1-2H3,(H,24,25). The molecule has 1 amide bonds. The van der Waals surface area contributed by atoms with Crippen molar-refractivity contribution in [3.8, 4) is 0 Å². The van der Waals surface area contributed by atoms with Gasteiger partial charge in [-0.05, 0) is 43.7 Å². The summed E-state index contributed by atoms with van der Waals surface area (Å²) in [6, 6.07) is 8.44. The van der Waals surface area contributed by atoms with Crippen LogP contribution in [-0.2, 0) is 26.2 Å². The average Bonchev–Trinajstić information content (AvgIpc) is 3.25. The minimum Gasteiger partial charge on any atom is -0.481 e. The van der Waals surface area contributed by atoms with Gasteiger partial charge in [-0.15, -0.1) is 0 Å². The number of hydrogen-bond donors (Lipinski definition) is 1. The van der Waals surface area contributed by atoms with Gasteiger partial charge in [0.25, 0.3) is 0 Å². The lowest BCUT2D eigenvalue weighted by molar-refractivity contribution is -0.143. The molecule has 5 nitrogen and oxygen atoms in total. The lowest BCUT2D eigenvalue weighted by Crippen LogP contribution is -2.40. The van der Waals surface area contributed by atoms with Gasteiger partial charge in [0.05, 0.1) is 5.92 Å². The van der Waals surface area contributed by atoms with Crippen molar-refractivity contribution in [3.05, 3.63) is 35.4 Å². The van der Waals surface area contributed by atoms with Gasteiger partial charge in [-0.25, -0.2) is 0 Å². The fourth-order valence-corrected chi connectivity index (χ4v) is 4.34. The summed E-state index contributed by atoms with van der Waals surface area (Å²) in [6.07, 6.45) is 3.70. The van der Waals surface area contributed by atoms with Gasteiger partial charge in [-0.3, -0.25) is 9.59 Å². The minimum absolute atomic E-state index is 0.000705. The molecule has 0 saturated heterocycles. The highest BCUT2D eigenvalue weighted by molar-refractivity contribution is 5.85. The van der Waals surface area contributed by atoms with Crippen LogP contribution in [0.4, 0.5) is 0 Å². The average molecular weight is 359 g/mol. The highest BCUT2D eigenvalue weighted by Crippen LogP contribution is 2.62. The second-order valence-corrected chi connectivity index (χ2v) is 7.64. The summed E-state index contributed by atoms with van der Waals surface area (Å²) in [5.74, 6) is -1.30. The van der Waals surface area contributed by atoms with E-state index in [1.165, 1.54) is 11.1 Å². The van der Waals surface area contributed by atoms with E-state index in [4.69, 9.17) is 4.74 Å². The van der Waals surface area contributed by atoms with Crippen LogP contribution in [0.2, 0.25) is 0 Å². The normalized spacial score (nSPS) is 24.3. The topological polar surface area (TPSA) is 66.8 Å². The maximum absolute atomic E-state index is 13.2. The Morgan fingerprint density at radius 3 is 2.88 bits per heavy atom. The van der Waals surface area contributed by atoms with E-state index in [0.717, 1.165) is 25.7 Å². The number of amides is 1. The fraction of sp³-hybridized carbons (Fsp3) is 0.619. The summed E-state index contributed by atoms with van der Waals surface area (Å²) >= 11 is 0. The molecule has 0 bridgehead atoms. The Morgan fingerprint density at radius 2 is 2.15 bits per heavy atom. The monoisotopic (exact) mass is 359 g/mol. The summed E-state index contributed by atoms with van der Waals surface area (Å²) in [6.45, 7) is 5.70. The zero-order chi connectivity index (χ0) is 18.7. The lowest BCUT2D eigenvalue weighted by atomic mass is 9.95. The van der Waals surface area contributed by atoms with Crippen LogP contribution in [0.25, 0.3) is 0 Å². The SMILES string of the molecule is CCOCCCN(CC(C)C(=O)O)C(=O)C1CC12CCc1ccccc12. The molecule has 142 valence electrons. The molecule has 1 N–H and O–H groups in total. The Bertz CT molecular complexity index is 674. The second kappa shape index (κ2) is 7.78. The molecule has 26 heavy (non-hydrogen) atoms.